The maximum Gasteiger partial charge on any atom is 0.229 e. The van der Waals surface area contributed by atoms with Crippen molar-refractivity contribution in [2.45, 2.75) is 26.7 Å². The van der Waals surface area contributed by atoms with E-state index in [1.807, 2.05) is 25.1 Å². The van der Waals surface area contributed by atoms with Gasteiger partial charge in [0.1, 0.15) is 16.6 Å². The fraction of sp³-hybridized carbons (Fsp3) is 0.292. The van der Waals surface area contributed by atoms with Crippen LogP contribution in [-0.4, -0.2) is 33.2 Å². The normalized spacial score (nSPS) is 12.1. The summed E-state index contributed by atoms with van der Waals surface area (Å²) < 4.78 is 14.4. The second-order valence-electron chi connectivity index (χ2n) is 7.65. The average Bonchev–Trinajstić information content (AvgIpc) is 3.21. The van der Waals surface area contributed by atoms with Crippen LogP contribution in [0.15, 0.2) is 48.5 Å². The predicted molar refractivity (Wildman–Crippen MR) is 129 cm³/mol. The molecule has 0 saturated heterocycles. The number of benzene rings is 2. The highest BCUT2D eigenvalue weighted by molar-refractivity contribution is 7.21. The van der Waals surface area contributed by atoms with Crippen LogP contribution in [-0.2, 0) is 0 Å². The molecule has 3 N–H and O–H groups in total. The zero-order valence-corrected chi connectivity index (χ0v) is 18.9. The summed E-state index contributed by atoms with van der Waals surface area (Å²) >= 11 is 1.61. The lowest BCUT2D eigenvalue weighted by Crippen LogP contribution is -2.14. The number of hydrogen-bond donors (Lipinski definition) is 3. The first-order chi connectivity index (χ1) is 15.6. The summed E-state index contributed by atoms with van der Waals surface area (Å²) in [6.45, 7) is 4.85. The minimum atomic E-state index is -0.296. The van der Waals surface area contributed by atoms with E-state index < -0.39 is 0 Å². The molecular weight excluding hydrogens is 425 g/mol. The number of aliphatic hydroxyl groups excluding tert-OH is 1. The molecule has 166 valence electrons. The second kappa shape index (κ2) is 10.0. The van der Waals surface area contributed by atoms with Crippen molar-refractivity contribution in [3.8, 4) is 10.6 Å². The van der Waals surface area contributed by atoms with E-state index in [0.29, 0.717) is 24.0 Å². The molecule has 0 spiro atoms. The third-order valence-electron chi connectivity index (χ3n) is 5.38. The predicted octanol–water partition coefficient (Wildman–Crippen LogP) is 5.76. The Morgan fingerprint density at radius 3 is 2.56 bits per heavy atom. The van der Waals surface area contributed by atoms with Gasteiger partial charge in [-0.05, 0) is 55.7 Å². The van der Waals surface area contributed by atoms with E-state index in [1.54, 1.807) is 23.5 Å². The fourth-order valence-electron chi connectivity index (χ4n) is 3.47. The highest BCUT2D eigenvalue weighted by atomic mass is 32.1. The molecule has 0 bridgehead atoms. The van der Waals surface area contributed by atoms with Gasteiger partial charge < -0.3 is 15.7 Å². The molecular formula is C24H26FN5OS. The van der Waals surface area contributed by atoms with Gasteiger partial charge in [0.05, 0.1) is 21.5 Å². The monoisotopic (exact) mass is 451 g/mol. The van der Waals surface area contributed by atoms with Crippen LogP contribution in [0.1, 0.15) is 25.5 Å². The largest absolute Gasteiger partial charge is 0.396 e. The number of rotatable bonds is 9. The highest BCUT2D eigenvalue weighted by Gasteiger charge is 2.18. The highest BCUT2D eigenvalue weighted by Crippen LogP contribution is 2.36. The Bertz CT molecular complexity index is 1160. The van der Waals surface area contributed by atoms with Crippen LogP contribution < -0.4 is 10.6 Å². The summed E-state index contributed by atoms with van der Waals surface area (Å²) in [6, 6.07) is 14.1. The third kappa shape index (κ3) is 5.03. The number of nitrogens with one attached hydrogen (secondary N) is 2. The second-order valence-corrected chi connectivity index (χ2v) is 8.68. The minimum absolute atomic E-state index is 0.170. The quantitative estimate of drug-likeness (QED) is 0.300. The van der Waals surface area contributed by atoms with Gasteiger partial charge in [0.15, 0.2) is 0 Å². The lowest BCUT2D eigenvalue weighted by Gasteiger charge is -2.16. The summed E-state index contributed by atoms with van der Waals surface area (Å²) in [5.74, 6) is 1.06. The van der Waals surface area contributed by atoms with Crippen molar-refractivity contribution in [3.63, 3.8) is 0 Å². The molecule has 4 rings (SSSR count). The molecule has 6 nitrogen and oxygen atoms in total. The molecule has 32 heavy (non-hydrogen) atoms. The first kappa shape index (κ1) is 22.1. The zero-order valence-electron chi connectivity index (χ0n) is 18.1. The van der Waals surface area contributed by atoms with Crippen molar-refractivity contribution in [1.82, 2.24) is 15.0 Å². The van der Waals surface area contributed by atoms with Gasteiger partial charge in [-0.1, -0.05) is 25.5 Å². The molecule has 1 atom stereocenters. The summed E-state index contributed by atoms with van der Waals surface area (Å²) in [5.41, 5.74) is 3.31. The Balaban J connectivity index is 1.68. The lowest BCUT2D eigenvalue weighted by atomic mass is 10.0. The molecule has 2 heterocycles. The van der Waals surface area contributed by atoms with Crippen LogP contribution in [0.4, 0.5) is 21.8 Å². The summed E-state index contributed by atoms with van der Waals surface area (Å²) in [4.78, 5) is 14.2. The van der Waals surface area contributed by atoms with E-state index >= 15 is 0 Å². The van der Waals surface area contributed by atoms with Gasteiger partial charge in [0.25, 0.3) is 0 Å². The minimum Gasteiger partial charge on any atom is -0.396 e. The molecule has 0 fully saturated rings. The van der Waals surface area contributed by atoms with E-state index in [1.165, 1.54) is 12.1 Å². The van der Waals surface area contributed by atoms with Gasteiger partial charge in [-0.3, -0.25) is 0 Å². The SMILES string of the molecule is CCC(CO)CCNc1nc(Nc2ccc(F)cc2)nc(C)c1-c1nc2ccccc2s1. The summed E-state index contributed by atoms with van der Waals surface area (Å²) in [5, 5.41) is 17.0. The fourth-order valence-corrected chi connectivity index (χ4v) is 4.54. The molecule has 0 radical (unpaired) electrons. The number of aryl methyl sites for hydroxylation is 1. The van der Waals surface area contributed by atoms with Gasteiger partial charge in [-0.2, -0.15) is 4.98 Å². The zero-order chi connectivity index (χ0) is 22.5. The van der Waals surface area contributed by atoms with Gasteiger partial charge in [-0.15, -0.1) is 11.3 Å². The van der Waals surface area contributed by atoms with Crippen molar-refractivity contribution in [2.75, 3.05) is 23.8 Å². The molecule has 1 unspecified atom stereocenters. The van der Waals surface area contributed by atoms with Gasteiger partial charge >= 0.3 is 0 Å². The molecule has 2 aromatic carbocycles. The van der Waals surface area contributed by atoms with E-state index in [0.717, 1.165) is 39.3 Å². The Morgan fingerprint density at radius 2 is 1.84 bits per heavy atom. The Labute approximate surface area is 190 Å². The third-order valence-corrected chi connectivity index (χ3v) is 6.43. The van der Waals surface area contributed by atoms with E-state index in [4.69, 9.17) is 9.97 Å². The smallest absolute Gasteiger partial charge is 0.229 e. The van der Waals surface area contributed by atoms with Crippen LogP contribution in [0.25, 0.3) is 20.8 Å². The number of thiazole rings is 1. The number of aliphatic hydroxyl groups is 1. The lowest BCUT2D eigenvalue weighted by molar-refractivity contribution is 0.217. The van der Waals surface area contributed by atoms with Crippen LogP contribution in [0.2, 0.25) is 0 Å². The first-order valence-electron chi connectivity index (χ1n) is 10.7. The van der Waals surface area contributed by atoms with E-state index in [2.05, 4.69) is 28.6 Å². The standard InChI is InChI=1S/C24H26FN5OS/c1-3-16(14-31)12-13-26-22-21(23-29-19-6-4-5-7-20(19)32-23)15(2)27-24(30-22)28-18-10-8-17(25)9-11-18/h4-11,16,31H,3,12-14H2,1-2H3,(H2,26,27,28,30). The van der Waals surface area contributed by atoms with Crippen LogP contribution >= 0.6 is 11.3 Å². The molecule has 8 heteroatoms. The maximum atomic E-state index is 13.3. The van der Waals surface area contributed by atoms with E-state index in [-0.39, 0.29) is 18.3 Å². The van der Waals surface area contributed by atoms with Crippen molar-refractivity contribution in [3.05, 3.63) is 60.0 Å². The Kier molecular flexibility index (Phi) is 6.92. The molecule has 2 aromatic heterocycles. The summed E-state index contributed by atoms with van der Waals surface area (Å²) in [7, 11) is 0. The topological polar surface area (TPSA) is 83.0 Å². The van der Waals surface area contributed by atoms with Crippen LogP contribution in [0.5, 0.6) is 0 Å². The number of nitrogens with zero attached hydrogens (tertiary/aromatic N) is 3. The summed E-state index contributed by atoms with van der Waals surface area (Å²) in [6.07, 6.45) is 1.75. The number of para-hydroxylation sites is 1. The Morgan fingerprint density at radius 1 is 1.06 bits per heavy atom. The van der Waals surface area contributed by atoms with E-state index in [9.17, 15) is 9.50 Å². The van der Waals surface area contributed by atoms with Gasteiger partial charge in [-0.25, -0.2) is 14.4 Å². The number of fused-ring (bicyclic) bond motifs is 1. The number of aromatic nitrogens is 3. The van der Waals surface area contributed by atoms with Gasteiger partial charge in [0, 0.05) is 18.8 Å². The van der Waals surface area contributed by atoms with Crippen molar-refractivity contribution < 1.29 is 9.50 Å². The molecule has 0 amide bonds. The van der Waals surface area contributed by atoms with Crippen molar-refractivity contribution >= 4 is 39.0 Å². The molecule has 0 aliphatic carbocycles. The maximum absolute atomic E-state index is 13.3. The van der Waals surface area contributed by atoms with Crippen LogP contribution in [0.3, 0.4) is 0 Å². The molecule has 4 aromatic rings. The molecule has 0 aliphatic heterocycles. The number of hydrogen-bond acceptors (Lipinski definition) is 7. The number of anilines is 3. The van der Waals surface area contributed by atoms with Gasteiger partial charge in [0.2, 0.25) is 5.95 Å². The number of halogens is 1. The molecule has 0 aliphatic rings. The van der Waals surface area contributed by atoms with Crippen LogP contribution in [0, 0.1) is 18.7 Å². The Hall–Kier alpha value is -3.10. The van der Waals surface area contributed by atoms with Crippen molar-refractivity contribution in [2.24, 2.45) is 5.92 Å². The molecule has 0 saturated carbocycles. The van der Waals surface area contributed by atoms with Crippen molar-refractivity contribution in [1.29, 1.82) is 0 Å². The first-order valence-corrected chi connectivity index (χ1v) is 11.5. The average molecular weight is 452 g/mol.